The summed E-state index contributed by atoms with van der Waals surface area (Å²) in [6.07, 6.45) is 6.97. The molecular weight excluding hydrogens is 310 g/mol. The predicted molar refractivity (Wildman–Crippen MR) is 102 cm³/mol. The van der Waals surface area contributed by atoms with Crippen molar-refractivity contribution in [2.24, 2.45) is 0 Å². The highest BCUT2D eigenvalue weighted by molar-refractivity contribution is 6.53. The van der Waals surface area contributed by atoms with E-state index in [1.165, 1.54) is 25.7 Å². The molecule has 1 aliphatic rings. The molecule has 1 amide bonds. The lowest BCUT2D eigenvalue weighted by atomic mass is 10.00. The molecule has 0 bridgehead atoms. The van der Waals surface area contributed by atoms with Crippen LogP contribution in [0.2, 0.25) is 0 Å². The highest BCUT2D eigenvalue weighted by Gasteiger charge is 2.37. The minimum atomic E-state index is -0.382. The van der Waals surface area contributed by atoms with E-state index >= 15 is 0 Å². The SMILES string of the molecule is CCCCCCCCN1C(=O)C(=O)c2cccc(-c3ccccc3)c21. The maximum atomic E-state index is 12.5. The van der Waals surface area contributed by atoms with Crippen LogP contribution in [0.1, 0.15) is 55.8 Å². The van der Waals surface area contributed by atoms with Crippen molar-refractivity contribution in [1.29, 1.82) is 0 Å². The van der Waals surface area contributed by atoms with Gasteiger partial charge in [-0.15, -0.1) is 0 Å². The van der Waals surface area contributed by atoms with Crippen molar-refractivity contribution >= 4 is 17.4 Å². The second-order valence-corrected chi connectivity index (χ2v) is 6.62. The van der Waals surface area contributed by atoms with Crippen molar-refractivity contribution in [2.45, 2.75) is 45.4 Å². The molecule has 0 saturated heterocycles. The van der Waals surface area contributed by atoms with E-state index in [9.17, 15) is 9.59 Å². The van der Waals surface area contributed by atoms with Crippen LogP contribution in [-0.2, 0) is 4.79 Å². The number of benzene rings is 2. The van der Waals surface area contributed by atoms with Gasteiger partial charge in [0.1, 0.15) is 0 Å². The summed E-state index contributed by atoms with van der Waals surface area (Å²) in [5.41, 5.74) is 3.33. The van der Waals surface area contributed by atoms with Crippen molar-refractivity contribution in [1.82, 2.24) is 0 Å². The first kappa shape index (κ1) is 17.4. The van der Waals surface area contributed by atoms with E-state index in [1.54, 1.807) is 11.0 Å². The van der Waals surface area contributed by atoms with Crippen molar-refractivity contribution in [3.8, 4) is 11.1 Å². The number of carbonyl (C=O) groups is 2. The molecule has 0 aromatic heterocycles. The van der Waals surface area contributed by atoms with E-state index < -0.39 is 0 Å². The van der Waals surface area contributed by atoms with Crippen molar-refractivity contribution in [2.75, 3.05) is 11.4 Å². The molecule has 25 heavy (non-hydrogen) atoms. The van der Waals surface area contributed by atoms with E-state index in [2.05, 4.69) is 6.92 Å². The Labute approximate surface area is 149 Å². The van der Waals surface area contributed by atoms with E-state index in [4.69, 9.17) is 0 Å². The molecular formula is C22H25NO2. The van der Waals surface area contributed by atoms with Crippen LogP contribution in [-0.4, -0.2) is 18.2 Å². The van der Waals surface area contributed by atoms with E-state index in [1.807, 2.05) is 42.5 Å². The molecule has 1 heterocycles. The largest absolute Gasteiger partial charge is 0.304 e. The maximum Gasteiger partial charge on any atom is 0.299 e. The summed E-state index contributed by atoms with van der Waals surface area (Å²) >= 11 is 0. The quantitative estimate of drug-likeness (QED) is 0.488. The lowest BCUT2D eigenvalue weighted by Crippen LogP contribution is -2.30. The van der Waals surface area contributed by atoms with Crippen molar-refractivity contribution in [3.63, 3.8) is 0 Å². The van der Waals surface area contributed by atoms with Gasteiger partial charge in [0.2, 0.25) is 0 Å². The molecule has 130 valence electrons. The fraction of sp³-hybridized carbons (Fsp3) is 0.364. The molecule has 0 fully saturated rings. The van der Waals surface area contributed by atoms with Gasteiger partial charge >= 0.3 is 0 Å². The smallest absolute Gasteiger partial charge is 0.299 e. The normalized spacial score (nSPS) is 13.4. The molecule has 2 aromatic carbocycles. The third kappa shape index (κ3) is 3.65. The zero-order valence-corrected chi connectivity index (χ0v) is 14.8. The molecule has 3 nitrogen and oxygen atoms in total. The molecule has 0 saturated carbocycles. The average molecular weight is 335 g/mol. The summed E-state index contributed by atoms with van der Waals surface area (Å²) in [7, 11) is 0. The van der Waals surface area contributed by atoms with Crippen LogP contribution in [0.5, 0.6) is 0 Å². The monoisotopic (exact) mass is 335 g/mol. The molecule has 0 N–H and O–H groups in total. The first-order valence-electron chi connectivity index (χ1n) is 9.28. The average Bonchev–Trinajstić information content (AvgIpc) is 2.90. The number of hydrogen-bond acceptors (Lipinski definition) is 2. The van der Waals surface area contributed by atoms with Crippen molar-refractivity contribution in [3.05, 3.63) is 54.1 Å². The number of rotatable bonds is 8. The summed E-state index contributed by atoms with van der Waals surface area (Å²) in [5.74, 6) is -0.759. The fourth-order valence-corrected chi connectivity index (χ4v) is 3.47. The van der Waals surface area contributed by atoms with Crippen LogP contribution in [0.4, 0.5) is 5.69 Å². The van der Waals surface area contributed by atoms with Gasteiger partial charge in [0.05, 0.1) is 11.3 Å². The number of anilines is 1. The van der Waals surface area contributed by atoms with Gasteiger partial charge in [-0.25, -0.2) is 0 Å². The molecule has 3 rings (SSSR count). The summed E-state index contributed by atoms with van der Waals surface area (Å²) in [4.78, 5) is 26.6. The van der Waals surface area contributed by atoms with E-state index in [0.29, 0.717) is 12.1 Å². The Morgan fingerprint density at radius 2 is 1.44 bits per heavy atom. The highest BCUT2D eigenvalue weighted by atomic mass is 16.2. The predicted octanol–water partition coefficient (Wildman–Crippen LogP) is 5.24. The van der Waals surface area contributed by atoms with E-state index in [-0.39, 0.29) is 11.7 Å². The third-order valence-electron chi connectivity index (χ3n) is 4.81. The number of para-hydroxylation sites is 1. The summed E-state index contributed by atoms with van der Waals surface area (Å²) in [5, 5.41) is 0. The summed E-state index contributed by atoms with van der Waals surface area (Å²) in [6.45, 7) is 2.82. The van der Waals surface area contributed by atoms with E-state index in [0.717, 1.165) is 29.7 Å². The highest BCUT2D eigenvalue weighted by Crippen LogP contribution is 2.38. The maximum absolute atomic E-state index is 12.5. The Morgan fingerprint density at radius 3 is 2.20 bits per heavy atom. The lowest BCUT2D eigenvalue weighted by Gasteiger charge is -2.20. The first-order valence-corrected chi connectivity index (χ1v) is 9.28. The second kappa shape index (κ2) is 8.11. The Bertz CT molecular complexity index is 752. The zero-order valence-electron chi connectivity index (χ0n) is 14.8. The number of carbonyl (C=O) groups excluding carboxylic acids is 2. The second-order valence-electron chi connectivity index (χ2n) is 6.62. The Morgan fingerprint density at radius 1 is 0.760 bits per heavy atom. The van der Waals surface area contributed by atoms with Crippen LogP contribution in [0.25, 0.3) is 11.1 Å². The van der Waals surface area contributed by atoms with Gasteiger partial charge in [-0.05, 0) is 18.1 Å². The van der Waals surface area contributed by atoms with Gasteiger partial charge in [0.25, 0.3) is 11.7 Å². The minimum absolute atomic E-state index is 0.376. The number of Topliss-reactive ketones (excluding diaryl/α,β-unsaturated/α-hetero) is 1. The third-order valence-corrected chi connectivity index (χ3v) is 4.81. The summed E-state index contributed by atoms with van der Waals surface area (Å²) < 4.78 is 0. The fourth-order valence-electron chi connectivity index (χ4n) is 3.47. The van der Waals surface area contributed by atoms with Gasteiger partial charge < -0.3 is 4.90 Å². The number of unbranched alkanes of at least 4 members (excludes halogenated alkanes) is 5. The Hall–Kier alpha value is -2.42. The van der Waals surface area contributed by atoms with Gasteiger partial charge in [-0.1, -0.05) is 81.5 Å². The number of amides is 1. The van der Waals surface area contributed by atoms with Crippen LogP contribution >= 0.6 is 0 Å². The number of ketones is 1. The molecule has 0 radical (unpaired) electrons. The Balaban J connectivity index is 1.81. The molecule has 3 heteroatoms. The first-order chi connectivity index (χ1) is 12.2. The molecule has 0 atom stereocenters. The standard InChI is InChI=1S/C22H25NO2/c1-2-3-4-5-6-10-16-23-20-18(17-12-8-7-9-13-17)14-11-15-19(20)21(24)22(23)25/h7-9,11-15H,2-6,10,16H2,1H3. The lowest BCUT2D eigenvalue weighted by molar-refractivity contribution is -0.114. The van der Waals surface area contributed by atoms with Gasteiger partial charge in [-0.3, -0.25) is 9.59 Å². The van der Waals surface area contributed by atoms with Crippen LogP contribution < -0.4 is 4.90 Å². The van der Waals surface area contributed by atoms with Crippen molar-refractivity contribution < 1.29 is 9.59 Å². The van der Waals surface area contributed by atoms with Crippen LogP contribution in [0.3, 0.4) is 0 Å². The Kier molecular flexibility index (Phi) is 5.64. The minimum Gasteiger partial charge on any atom is -0.304 e. The molecule has 1 aliphatic heterocycles. The number of fused-ring (bicyclic) bond motifs is 1. The molecule has 0 unspecified atom stereocenters. The van der Waals surface area contributed by atoms with Gasteiger partial charge in [0, 0.05) is 12.1 Å². The summed E-state index contributed by atoms with van der Waals surface area (Å²) in [6, 6.07) is 15.6. The molecule has 0 spiro atoms. The van der Waals surface area contributed by atoms with Gasteiger partial charge in [-0.2, -0.15) is 0 Å². The van der Waals surface area contributed by atoms with Crippen LogP contribution in [0, 0.1) is 0 Å². The topological polar surface area (TPSA) is 37.4 Å². The zero-order chi connectivity index (χ0) is 17.6. The molecule has 0 aliphatic carbocycles. The number of hydrogen-bond donors (Lipinski definition) is 0. The van der Waals surface area contributed by atoms with Gasteiger partial charge in [0.15, 0.2) is 0 Å². The number of nitrogens with zero attached hydrogens (tertiary/aromatic N) is 1. The van der Waals surface area contributed by atoms with Crippen LogP contribution in [0.15, 0.2) is 48.5 Å². The molecule has 2 aromatic rings.